The van der Waals surface area contributed by atoms with Crippen LogP contribution in [0.1, 0.15) is 35.7 Å². The van der Waals surface area contributed by atoms with E-state index in [-0.39, 0.29) is 5.91 Å². The Morgan fingerprint density at radius 2 is 2.29 bits per heavy atom. The summed E-state index contributed by atoms with van der Waals surface area (Å²) in [6.45, 7) is 2.74. The lowest BCUT2D eigenvalue weighted by Crippen LogP contribution is -2.11. The molecule has 2 aromatic rings. The van der Waals surface area contributed by atoms with Crippen molar-refractivity contribution in [2.75, 3.05) is 11.9 Å². The highest BCUT2D eigenvalue weighted by molar-refractivity contribution is 7.14. The first-order chi connectivity index (χ1) is 10.2. The van der Waals surface area contributed by atoms with Gasteiger partial charge in [-0.05, 0) is 36.1 Å². The molecule has 0 saturated heterocycles. The summed E-state index contributed by atoms with van der Waals surface area (Å²) in [5.41, 5.74) is 0.991. The van der Waals surface area contributed by atoms with Crippen molar-refractivity contribution < 1.29 is 9.53 Å². The van der Waals surface area contributed by atoms with Crippen molar-refractivity contribution in [2.45, 2.75) is 19.8 Å². The third-order valence-electron chi connectivity index (χ3n) is 2.88. The fourth-order valence-electron chi connectivity index (χ4n) is 1.73. The Balaban J connectivity index is 2.06. The predicted octanol–water partition coefficient (Wildman–Crippen LogP) is 4.05. The van der Waals surface area contributed by atoms with Crippen molar-refractivity contribution in [2.24, 2.45) is 0 Å². The normalized spacial score (nSPS) is 9.90. The first-order valence-corrected chi connectivity index (χ1v) is 7.64. The van der Waals surface area contributed by atoms with E-state index in [0.29, 0.717) is 28.5 Å². The maximum Gasteiger partial charge on any atom is 0.256 e. The molecule has 5 heteroatoms. The van der Waals surface area contributed by atoms with Crippen LogP contribution in [0.4, 0.5) is 5.00 Å². The lowest BCUT2D eigenvalue weighted by molar-refractivity contribution is 0.102. The second-order valence-electron chi connectivity index (χ2n) is 4.46. The predicted molar refractivity (Wildman–Crippen MR) is 83.8 cm³/mol. The van der Waals surface area contributed by atoms with Crippen LogP contribution < -0.4 is 10.1 Å². The molecule has 21 heavy (non-hydrogen) atoms. The summed E-state index contributed by atoms with van der Waals surface area (Å²) in [6, 6.07) is 10.8. The smallest absolute Gasteiger partial charge is 0.256 e. The van der Waals surface area contributed by atoms with E-state index in [1.54, 1.807) is 29.6 Å². The van der Waals surface area contributed by atoms with E-state index >= 15 is 0 Å². The molecule has 0 radical (unpaired) electrons. The van der Waals surface area contributed by atoms with Gasteiger partial charge in [-0.15, -0.1) is 11.3 Å². The number of nitrogens with one attached hydrogen (secondary N) is 1. The number of ether oxygens (including phenoxy) is 1. The summed E-state index contributed by atoms with van der Waals surface area (Å²) >= 11 is 1.33. The fraction of sp³-hybridized carbons (Fsp3) is 0.250. The Bertz CT molecular complexity index is 658. The molecule has 0 bridgehead atoms. The zero-order valence-corrected chi connectivity index (χ0v) is 12.6. The van der Waals surface area contributed by atoms with Crippen LogP contribution in [0.3, 0.4) is 0 Å². The number of thiophene rings is 1. The number of carbonyl (C=O) groups is 1. The minimum atomic E-state index is -0.241. The summed E-state index contributed by atoms with van der Waals surface area (Å²) in [6.07, 6.45) is 2.05. The molecule has 0 atom stereocenters. The molecular formula is C16H16N2O2S. The number of carbonyl (C=O) groups excluding carboxylic acids is 1. The Morgan fingerprint density at radius 1 is 1.43 bits per heavy atom. The molecule has 4 nitrogen and oxygen atoms in total. The van der Waals surface area contributed by atoms with E-state index in [0.717, 1.165) is 12.8 Å². The highest BCUT2D eigenvalue weighted by atomic mass is 32.1. The number of unbranched alkanes of at least 4 members (excludes halogenated alkanes) is 1. The monoisotopic (exact) mass is 300 g/mol. The van der Waals surface area contributed by atoms with Gasteiger partial charge in [0.2, 0.25) is 0 Å². The molecule has 0 aliphatic heterocycles. The quantitative estimate of drug-likeness (QED) is 0.819. The van der Waals surface area contributed by atoms with Gasteiger partial charge in [0.1, 0.15) is 16.8 Å². The van der Waals surface area contributed by atoms with Gasteiger partial charge in [-0.2, -0.15) is 5.26 Å². The molecule has 2 rings (SSSR count). The number of amides is 1. The van der Waals surface area contributed by atoms with E-state index in [4.69, 9.17) is 10.00 Å². The molecule has 108 valence electrons. The Kier molecular flexibility index (Phi) is 5.35. The van der Waals surface area contributed by atoms with Crippen molar-refractivity contribution >= 4 is 22.2 Å². The number of hydrogen-bond acceptors (Lipinski definition) is 4. The van der Waals surface area contributed by atoms with Crippen LogP contribution in [0.2, 0.25) is 0 Å². The van der Waals surface area contributed by atoms with Crippen molar-refractivity contribution in [3.05, 3.63) is 46.8 Å². The van der Waals surface area contributed by atoms with Crippen LogP contribution in [-0.2, 0) is 0 Å². The molecular weight excluding hydrogens is 284 g/mol. The second kappa shape index (κ2) is 7.46. The maximum absolute atomic E-state index is 12.2. The lowest BCUT2D eigenvalue weighted by atomic mass is 10.2. The van der Waals surface area contributed by atoms with Gasteiger partial charge in [0.25, 0.3) is 5.91 Å². The summed E-state index contributed by atoms with van der Waals surface area (Å²) in [4.78, 5) is 12.2. The standard InChI is InChI=1S/C16H16N2O2S/c1-2-3-8-20-14-6-4-5-12(10-14)15(19)18-16-13(11-17)7-9-21-16/h4-7,9-10H,2-3,8H2,1H3,(H,18,19). The number of benzene rings is 1. The molecule has 0 spiro atoms. The molecule has 1 amide bonds. The molecule has 1 heterocycles. The van der Waals surface area contributed by atoms with Crippen molar-refractivity contribution in [3.8, 4) is 11.8 Å². The van der Waals surface area contributed by atoms with Crippen LogP contribution in [0.15, 0.2) is 35.7 Å². The molecule has 1 aromatic heterocycles. The van der Waals surface area contributed by atoms with Gasteiger partial charge >= 0.3 is 0 Å². The second-order valence-corrected chi connectivity index (χ2v) is 5.38. The topological polar surface area (TPSA) is 62.1 Å². The number of rotatable bonds is 6. The Labute approximate surface area is 128 Å². The van der Waals surface area contributed by atoms with Gasteiger partial charge < -0.3 is 10.1 Å². The minimum Gasteiger partial charge on any atom is -0.494 e. The Hall–Kier alpha value is -2.32. The first kappa shape index (κ1) is 15.1. The van der Waals surface area contributed by atoms with Crippen molar-refractivity contribution in [3.63, 3.8) is 0 Å². The molecule has 0 aliphatic rings. The van der Waals surface area contributed by atoms with Crippen LogP contribution in [-0.4, -0.2) is 12.5 Å². The number of nitrogens with zero attached hydrogens (tertiary/aromatic N) is 1. The lowest BCUT2D eigenvalue weighted by Gasteiger charge is -2.07. The number of nitriles is 1. The van der Waals surface area contributed by atoms with Crippen LogP contribution in [0.25, 0.3) is 0 Å². The van der Waals surface area contributed by atoms with Crippen LogP contribution >= 0.6 is 11.3 Å². The average molecular weight is 300 g/mol. The van der Waals surface area contributed by atoms with Gasteiger partial charge in [0, 0.05) is 5.56 Å². The third-order valence-corrected chi connectivity index (χ3v) is 3.71. The van der Waals surface area contributed by atoms with E-state index in [1.807, 2.05) is 12.1 Å². The minimum absolute atomic E-state index is 0.241. The van der Waals surface area contributed by atoms with Gasteiger partial charge in [0.15, 0.2) is 0 Å². The number of anilines is 1. The summed E-state index contributed by atoms with van der Waals surface area (Å²) in [5, 5.41) is 14.0. The summed E-state index contributed by atoms with van der Waals surface area (Å²) in [5.74, 6) is 0.442. The fourth-order valence-corrected chi connectivity index (χ4v) is 2.46. The van der Waals surface area contributed by atoms with Gasteiger partial charge in [-0.25, -0.2) is 0 Å². The van der Waals surface area contributed by atoms with Gasteiger partial charge in [0.05, 0.1) is 12.2 Å². The number of hydrogen-bond donors (Lipinski definition) is 1. The molecule has 0 aliphatic carbocycles. The zero-order chi connectivity index (χ0) is 15.1. The largest absolute Gasteiger partial charge is 0.494 e. The maximum atomic E-state index is 12.2. The molecule has 0 saturated carbocycles. The Morgan fingerprint density at radius 3 is 3.05 bits per heavy atom. The zero-order valence-electron chi connectivity index (χ0n) is 11.8. The van der Waals surface area contributed by atoms with Crippen LogP contribution in [0, 0.1) is 11.3 Å². The van der Waals surface area contributed by atoms with Crippen molar-refractivity contribution in [1.82, 2.24) is 0 Å². The average Bonchev–Trinajstić information content (AvgIpc) is 2.95. The molecule has 0 fully saturated rings. The third kappa shape index (κ3) is 4.07. The van der Waals surface area contributed by atoms with E-state index < -0.39 is 0 Å². The van der Waals surface area contributed by atoms with Crippen LogP contribution in [0.5, 0.6) is 5.75 Å². The highest BCUT2D eigenvalue weighted by Crippen LogP contribution is 2.23. The molecule has 1 N–H and O–H groups in total. The molecule has 0 unspecified atom stereocenters. The van der Waals surface area contributed by atoms with Gasteiger partial charge in [-0.3, -0.25) is 4.79 Å². The van der Waals surface area contributed by atoms with Gasteiger partial charge in [-0.1, -0.05) is 19.4 Å². The molecule has 1 aromatic carbocycles. The van der Waals surface area contributed by atoms with Crippen molar-refractivity contribution in [1.29, 1.82) is 5.26 Å². The SMILES string of the molecule is CCCCOc1cccc(C(=O)Nc2sccc2C#N)c1. The summed E-state index contributed by atoms with van der Waals surface area (Å²) in [7, 11) is 0. The van der Waals surface area contributed by atoms with E-state index in [2.05, 4.69) is 12.2 Å². The first-order valence-electron chi connectivity index (χ1n) is 6.76. The van der Waals surface area contributed by atoms with E-state index in [9.17, 15) is 4.79 Å². The highest BCUT2D eigenvalue weighted by Gasteiger charge is 2.11. The van der Waals surface area contributed by atoms with E-state index in [1.165, 1.54) is 11.3 Å². The summed E-state index contributed by atoms with van der Waals surface area (Å²) < 4.78 is 5.59.